The highest BCUT2D eigenvalue weighted by atomic mass is 79.9. The van der Waals surface area contributed by atoms with Crippen molar-refractivity contribution in [3.8, 4) is 5.75 Å². The van der Waals surface area contributed by atoms with E-state index in [1.54, 1.807) is 24.4 Å². The van der Waals surface area contributed by atoms with E-state index >= 15 is 0 Å². The van der Waals surface area contributed by atoms with E-state index in [-0.39, 0.29) is 6.61 Å². The highest BCUT2D eigenvalue weighted by Crippen LogP contribution is 2.23. The van der Waals surface area contributed by atoms with Crippen LogP contribution in [0.3, 0.4) is 0 Å². The molecule has 0 heterocycles. The molecule has 114 valence electrons. The predicted octanol–water partition coefficient (Wildman–Crippen LogP) is 3.41. The van der Waals surface area contributed by atoms with E-state index in [0.717, 1.165) is 4.47 Å². The second-order valence-corrected chi connectivity index (χ2v) is 5.61. The number of para-hydroxylation sites is 1. The zero-order valence-corrected chi connectivity index (χ0v) is 13.8. The number of carbonyl (C=O) groups excluding carboxylic acids is 1. The minimum absolute atomic E-state index is 0.194. The van der Waals surface area contributed by atoms with Crippen LogP contribution in [-0.2, 0) is 4.79 Å². The summed E-state index contributed by atoms with van der Waals surface area (Å²) in [7, 11) is 0. The van der Waals surface area contributed by atoms with Crippen LogP contribution in [0.4, 0.5) is 5.69 Å². The van der Waals surface area contributed by atoms with Gasteiger partial charge < -0.3 is 10.5 Å². The number of hydrogen-bond acceptors (Lipinski definition) is 4. The Morgan fingerprint density at radius 2 is 2.14 bits per heavy atom. The normalized spacial score (nSPS) is 10.6. The molecule has 7 heteroatoms. The maximum Gasteiger partial charge on any atom is 0.255 e. The van der Waals surface area contributed by atoms with Crippen LogP contribution in [0.2, 0.25) is 5.02 Å². The molecule has 3 N–H and O–H groups in total. The lowest BCUT2D eigenvalue weighted by Crippen LogP contribution is -2.20. The maximum absolute atomic E-state index is 10.8. The van der Waals surface area contributed by atoms with E-state index in [9.17, 15) is 4.79 Å². The fourth-order valence-corrected chi connectivity index (χ4v) is 2.18. The molecule has 1 amide bonds. The second-order valence-electron chi connectivity index (χ2n) is 4.29. The van der Waals surface area contributed by atoms with Crippen LogP contribution in [0, 0.1) is 0 Å². The molecule has 0 fully saturated rings. The molecule has 0 saturated carbocycles. The third-order valence-electron chi connectivity index (χ3n) is 2.60. The number of primary amides is 1. The fraction of sp³-hybridized carbons (Fsp3) is 0.0667. The molecule has 0 spiro atoms. The zero-order chi connectivity index (χ0) is 15.9. The van der Waals surface area contributed by atoms with Gasteiger partial charge in [-0.2, -0.15) is 5.10 Å². The molecular formula is C15H13BrClN3O2. The van der Waals surface area contributed by atoms with Crippen molar-refractivity contribution in [3.05, 3.63) is 57.5 Å². The number of rotatable bonds is 6. The van der Waals surface area contributed by atoms with Crippen molar-refractivity contribution >= 4 is 45.3 Å². The van der Waals surface area contributed by atoms with Crippen molar-refractivity contribution in [1.82, 2.24) is 0 Å². The molecule has 0 atom stereocenters. The average molecular weight is 383 g/mol. The standard InChI is InChI=1S/C15H13BrClN3O2/c16-11-5-6-14(22-9-15(18)21)10(7-11)8-19-20-13-4-2-1-3-12(13)17/h1-8,20H,9H2,(H2,18,21)/b19-8-. The summed E-state index contributed by atoms with van der Waals surface area (Å²) in [4.78, 5) is 10.8. The molecule has 22 heavy (non-hydrogen) atoms. The topological polar surface area (TPSA) is 76.7 Å². The Hall–Kier alpha value is -2.05. The van der Waals surface area contributed by atoms with Gasteiger partial charge in [-0.3, -0.25) is 10.2 Å². The molecule has 2 rings (SSSR count). The Labute approximate surface area is 141 Å². The van der Waals surface area contributed by atoms with Gasteiger partial charge in [-0.15, -0.1) is 0 Å². The molecule has 2 aromatic rings. The van der Waals surface area contributed by atoms with E-state index in [4.69, 9.17) is 22.1 Å². The van der Waals surface area contributed by atoms with Gasteiger partial charge in [0.05, 0.1) is 16.9 Å². The number of nitrogens with two attached hydrogens (primary N) is 1. The monoisotopic (exact) mass is 381 g/mol. The molecule has 0 aromatic heterocycles. The van der Waals surface area contributed by atoms with Crippen molar-refractivity contribution in [1.29, 1.82) is 0 Å². The number of nitrogens with zero attached hydrogens (tertiary/aromatic N) is 1. The highest BCUT2D eigenvalue weighted by Gasteiger charge is 2.04. The van der Waals surface area contributed by atoms with Crippen molar-refractivity contribution < 1.29 is 9.53 Å². The summed E-state index contributed by atoms with van der Waals surface area (Å²) >= 11 is 9.40. The van der Waals surface area contributed by atoms with Crippen LogP contribution in [0.25, 0.3) is 0 Å². The van der Waals surface area contributed by atoms with Gasteiger partial charge in [0, 0.05) is 10.0 Å². The van der Waals surface area contributed by atoms with Crippen LogP contribution in [0.15, 0.2) is 52.0 Å². The number of hydrazone groups is 1. The summed E-state index contributed by atoms with van der Waals surface area (Å²) < 4.78 is 6.20. The molecule has 0 aliphatic carbocycles. The number of carbonyl (C=O) groups is 1. The largest absolute Gasteiger partial charge is 0.483 e. The third kappa shape index (κ3) is 4.75. The van der Waals surface area contributed by atoms with Gasteiger partial charge in [0.1, 0.15) is 5.75 Å². The molecule has 0 unspecified atom stereocenters. The van der Waals surface area contributed by atoms with Crippen molar-refractivity contribution in [2.24, 2.45) is 10.8 Å². The first-order valence-corrected chi connectivity index (χ1v) is 7.47. The lowest BCUT2D eigenvalue weighted by molar-refractivity contribution is -0.119. The van der Waals surface area contributed by atoms with Crippen LogP contribution < -0.4 is 15.9 Å². The van der Waals surface area contributed by atoms with Gasteiger partial charge in [-0.25, -0.2) is 0 Å². The van der Waals surface area contributed by atoms with E-state index in [1.165, 1.54) is 0 Å². The lowest BCUT2D eigenvalue weighted by atomic mass is 10.2. The molecule has 0 radical (unpaired) electrons. The maximum atomic E-state index is 10.8. The van der Waals surface area contributed by atoms with Crippen LogP contribution >= 0.6 is 27.5 Å². The number of halogens is 2. The summed E-state index contributed by atoms with van der Waals surface area (Å²) in [6.07, 6.45) is 1.57. The van der Waals surface area contributed by atoms with Gasteiger partial charge in [0.15, 0.2) is 6.61 Å². The Balaban J connectivity index is 2.13. The number of ether oxygens (including phenoxy) is 1. The Morgan fingerprint density at radius 3 is 2.86 bits per heavy atom. The molecule has 0 aliphatic heterocycles. The number of hydrogen-bond donors (Lipinski definition) is 2. The summed E-state index contributed by atoms with van der Waals surface area (Å²) in [5.74, 6) is -0.0355. The van der Waals surface area contributed by atoms with E-state index < -0.39 is 5.91 Å². The number of nitrogens with one attached hydrogen (secondary N) is 1. The first-order chi connectivity index (χ1) is 10.6. The van der Waals surface area contributed by atoms with Gasteiger partial charge >= 0.3 is 0 Å². The smallest absolute Gasteiger partial charge is 0.255 e. The van der Waals surface area contributed by atoms with Gasteiger partial charge in [-0.05, 0) is 30.3 Å². The highest BCUT2D eigenvalue weighted by molar-refractivity contribution is 9.10. The summed E-state index contributed by atoms with van der Waals surface area (Å²) in [5, 5.41) is 4.69. The first kappa shape index (κ1) is 16.3. The predicted molar refractivity (Wildman–Crippen MR) is 91.5 cm³/mol. The summed E-state index contributed by atoms with van der Waals surface area (Å²) in [5.41, 5.74) is 9.31. The third-order valence-corrected chi connectivity index (χ3v) is 3.43. The minimum atomic E-state index is -0.542. The number of anilines is 1. The van der Waals surface area contributed by atoms with Crippen molar-refractivity contribution in [2.45, 2.75) is 0 Å². The average Bonchev–Trinajstić information content (AvgIpc) is 2.48. The minimum Gasteiger partial charge on any atom is -0.483 e. The van der Waals surface area contributed by atoms with Crippen LogP contribution in [0.5, 0.6) is 5.75 Å². The quantitative estimate of drug-likeness (QED) is 0.594. The second kappa shape index (κ2) is 7.82. The molecule has 0 saturated heterocycles. The number of amides is 1. The molecule has 0 bridgehead atoms. The molecular weight excluding hydrogens is 370 g/mol. The lowest BCUT2D eigenvalue weighted by Gasteiger charge is -2.08. The first-order valence-electron chi connectivity index (χ1n) is 6.30. The number of benzene rings is 2. The molecule has 5 nitrogen and oxygen atoms in total. The van der Waals surface area contributed by atoms with Gasteiger partial charge in [-0.1, -0.05) is 39.7 Å². The van der Waals surface area contributed by atoms with Crippen LogP contribution in [0.1, 0.15) is 5.56 Å². The zero-order valence-electron chi connectivity index (χ0n) is 11.4. The van der Waals surface area contributed by atoms with Crippen molar-refractivity contribution in [3.63, 3.8) is 0 Å². The summed E-state index contributed by atoms with van der Waals surface area (Å²) in [6, 6.07) is 12.6. The van der Waals surface area contributed by atoms with Crippen molar-refractivity contribution in [2.75, 3.05) is 12.0 Å². The molecule has 2 aromatic carbocycles. The molecule has 0 aliphatic rings. The van der Waals surface area contributed by atoms with Gasteiger partial charge in [0.2, 0.25) is 0 Å². The Morgan fingerprint density at radius 1 is 1.36 bits per heavy atom. The fourth-order valence-electron chi connectivity index (χ4n) is 1.62. The van der Waals surface area contributed by atoms with E-state index in [1.807, 2.05) is 24.3 Å². The van der Waals surface area contributed by atoms with Gasteiger partial charge in [0.25, 0.3) is 5.91 Å². The Kier molecular flexibility index (Phi) is 5.80. The SMILES string of the molecule is NC(=O)COc1ccc(Br)cc1/C=N\Nc1ccccc1Cl. The summed E-state index contributed by atoms with van der Waals surface area (Å²) in [6.45, 7) is -0.194. The Bertz CT molecular complexity index is 707. The van der Waals surface area contributed by atoms with E-state index in [0.29, 0.717) is 22.0 Å². The van der Waals surface area contributed by atoms with Crippen LogP contribution in [-0.4, -0.2) is 18.7 Å². The van der Waals surface area contributed by atoms with E-state index in [2.05, 4.69) is 26.5 Å².